The van der Waals surface area contributed by atoms with Gasteiger partial charge < -0.3 is 5.32 Å². The van der Waals surface area contributed by atoms with Crippen molar-refractivity contribution in [3.8, 4) is 12.3 Å². The van der Waals surface area contributed by atoms with Gasteiger partial charge in [0, 0.05) is 11.3 Å². The van der Waals surface area contributed by atoms with Crippen LogP contribution in [0.1, 0.15) is 43.0 Å². The molecule has 0 aromatic heterocycles. The zero-order valence-electron chi connectivity index (χ0n) is 12.7. The summed E-state index contributed by atoms with van der Waals surface area (Å²) in [5.74, 6) is 2.70. The van der Waals surface area contributed by atoms with Crippen LogP contribution in [0.2, 0.25) is 0 Å². The summed E-state index contributed by atoms with van der Waals surface area (Å²) in [6.45, 7) is 4.68. The maximum absolute atomic E-state index is 5.50. The highest BCUT2D eigenvalue weighted by atomic mass is 14.9. The summed E-state index contributed by atoms with van der Waals surface area (Å²) in [5, 5.41) is 3.71. The molecule has 3 rings (SSSR count). The number of aryl methyl sites for hydroxylation is 1. The average Bonchev–Trinajstić information content (AvgIpc) is 2.50. The molecule has 0 spiro atoms. The zero-order valence-corrected chi connectivity index (χ0v) is 12.7. The van der Waals surface area contributed by atoms with Gasteiger partial charge in [-0.3, -0.25) is 0 Å². The minimum Gasteiger partial charge on any atom is -0.378 e. The Balaban J connectivity index is 1.97. The second-order valence-corrected chi connectivity index (χ2v) is 6.49. The number of terminal acetylenes is 1. The van der Waals surface area contributed by atoms with Gasteiger partial charge in [-0.25, -0.2) is 0 Å². The van der Waals surface area contributed by atoms with E-state index in [0.717, 1.165) is 17.7 Å². The number of benzene rings is 2. The maximum atomic E-state index is 5.50. The fourth-order valence-electron chi connectivity index (χ4n) is 3.20. The highest BCUT2D eigenvalue weighted by Gasteiger charge is 2.35. The minimum absolute atomic E-state index is 0.223. The van der Waals surface area contributed by atoms with Gasteiger partial charge in [0.25, 0.3) is 0 Å². The molecule has 0 saturated heterocycles. The van der Waals surface area contributed by atoms with Gasteiger partial charge in [-0.05, 0) is 47.6 Å². The van der Waals surface area contributed by atoms with E-state index in [1.807, 2.05) is 18.2 Å². The highest BCUT2D eigenvalue weighted by Crippen LogP contribution is 2.45. The number of nitrogens with one attached hydrogen (secondary N) is 1. The number of fused-ring (bicyclic) bond motifs is 1. The third-order valence-electron chi connectivity index (χ3n) is 4.53. The van der Waals surface area contributed by atoms with E-state index in [-0.39, 0.29) is 5.41 Å². The van der Waals surface area contributed by atoms with Crippen LogP contribution in [0.3, 0.4) is 0 Å². The molecule has 0 heterocycles. The first kappa shape index (κ1) is 13.8. The summed E-state index contributed by atoms with van der Waals surface area (Å²) in [7, 11) is 0. The Morgan fingerprint density at radius 3 is 2.76 bits per heavy atom. The predicted molar refractivity (Wildman–Crippen MR) is 89.3 cm³/mol. The molecule has 0 radical (unpaired) electrons. The molecule has 1 atom stereocenters. The van der Waals surface area contributed by atoms with Crippen LogP contribution in [-0.2, 0) is 6.42 Å². The predicted octanol–water partition coefficient (Wildman–Crippen LogP) is 4.79. The third-order valence-corrected chi connectivity index (χ3v) is 4.53. The van der Waals surface area contributed by atoms with Crippen LogP contribution in [0, 0.1) is 17.8 Å². The normalized spacial score (nSPS) is 19.4. The molecule has 1 aliphatic carbocycles. The van der Waals surface area contributed by atoms with Gasteiger partial charge in [0.05, 0.1) is 6.04 Å². The van der Waals surface area contributed by atoms with Crippen LogP contribution < -0.4 is 5.32 Å². The lowest BCUT2D eigenvalue weighted by Gasteiger charge is -2.41. The number of hydrogen-bond acceptors (Lipinski definition) is 1. The van der Waals surface area contributed by atoms with Crippen molar-refractivity contribution in [1.82, 2.24) is 0 Å². The molecule has 1 heteroatoms. The third kappa shape index (κ3) is 2.67. The molecule has 1 N–H and O–H groups in total. The molecule has 2 aromatic rings. The molecule has 0 saturated carbocycles. The summed E-state index contributed by atoms with van der Waals surface area (Å²) >= 11 is 0. The summed E-state index contributed by atoms with van der Waals surface area (Å²) in [5.41, 5.74) is 5.12. The lowest BCUT2D eigenvalue weighted by atomic mass is 9.70. The van der Waals surface area contributed by atoms with Crippen LogP contribution in [-0.4, -0.2) is 0 Å². The first-order valence-electron chi connectivity index (χ1n) is 7.51. The van der Waals surface area contributed by atoms with E-state index in [4.69, 9.17) is 6.42 Å². The van der Waals surface area contributed by atoms with Crippen LogP contribution in [0.15, 0.2) is 48.5 Å². The minimum atomic E-state index is 0.223. The largest absolute Gasteiger partial charge is 0.378 e. The fourth-order valence-corrected chi connectivity index (χ4v) is 3.20. The van der Waals surface area contributed by atoms with Gasteiger partial charge >= 0.3 is 0 Å². The molecular formula is C20H21N. The van der Waals surface area contributed by atoms with Crippen molar-refractivity contribution < 1.29 is 0 Å². The standard InChI is InChI=1S/C20H21N/c1-4-15-8-7-10-17(14-15)21-19-18-11-6-5-9-16(18)12-13-20(19,2)3/h1,5-11,14,19,21H,12-13H2,2-3H3. The molecule has 2 aromatic carbocycles. The first-order chi connectivity index (χ1) is 10.1. The molecule has 0 fully saturated rings. The van der Waals surface area contributed by atoms with E-state index in [1.54, 1.807) is 0 Å². The van der Waals surface area contributed by atoms with E-state index >= 15 is 0 Å². The van der Waals surface area contributed by atoms with Crippen molar-refractivity contribution in [2.75, 3.05) is 5.32 Å². The van der Waals surface area contributed by atoms with Gasteiger partial charge in [0.1, 0.15) is 0 Å². The zero-order chi connectivity index (χ0) is 14.9. The average molecular weight is 275 g/mol. The van der Waals surface area contributed by atoms with E-state index in [2.05, 4.69) is 55.4 Å². The fraction of sp³-hybridized carbons (Fsp3) is 0.300. The van der Waals surface area contributed by atoms with E-state index in [0.29, 0.717) is 6.04 Å². The van der Waals surface area contributed by atoms with Crippen molar-refractivity contribution in [2.45, 2.75) is 32.7 Å². The summed E-state index contributed by atoms with van der Waals surface area (Å²) in [6.07, 6.45) is 7.85. The maximum Gasteiger partial charge on any atom is 0.0567 e. The Bertz CT molecular complexity index is 691. The van der Waals surface area contributed by atoms with Gasteiger partial charge in [0.2, 0.25) is 0 Å². The molecule has 21 heavy (non-hydrogen) atoms. The summed E-state index contributed by atoms with van der Waals surface area (Å²) < 4.78 is 0. The molecule has 0 bridgehead atoms. The van der Waals surface area contributed by atoms with Crippen molar-refractivity contribution in [3.05, 3.63) is 65.2 Å². The SMILES string of the molecule is C#Cc1cccc(NC2c3ccccc3CCC2(C)C)c1. The van der Waals surface area contributed by atoms with Crippen molar-refractivity contribution in [1.29, 1.82) is 0 Å². The van der Waals surface area contributed by atoms with Gasteiger partial charge in [-0.2, -0.15) is 0 Å². The van der Waals surface area contributed by atoms with Gasteiger partial charge in [-0.15, -0.1) is 6.42 Å². The monoisotopic (exact) mass is 275 g/mol. The van der Waals surface area contributed by atoms with E-state index in [1.165, 1.54) is 17.5 Å². The smallest absolute Gasteiger partial charge is 0.0567 e. The number of rotatable bonds is 2. The molecule has 0 amide bonds. The lowest BCUT2D eigenvalue weighted by molar-refractivity contribution is 0.265. The summed E-state index contributed by atoms with van der Waals surface area (Å²) in [6, 6.07) is 17.2. The Morgan fingerprint density at radius 1 is 1.14 bits per heavy atom. The molecular weight excluding hydrogens is 254 g/mol. The second kappa shape index (κ2) is 5.30. The second-order valence-electron chi connectivity index (χ2n) is 6.49. The molecule has 1 nitrogen and oxygen atoms in total. The van der Waals surface area contributed by atoms with Crippen molar-refractivity contribution in [2.24, 2.45) is 5.41 Å². The lowest BCUT2D eigenvalue weighted by Crippen LogP contribution is -2.33. The Kier molecular flexibility index (Phi) is 3.47. The number of hydrogen-bond donors (Lipinski definition) is 1. The van der Waals surface area contributed by atoms with Gasteiger partial charge in [0.15, 0.2) is 0 Å². The topological polar surface area (TPSA) is 12.0 Å². The number of anilines is 1. The quantitative estimate of drug-likeness (QED) is 0.777. The van der Waals surface area contributed by atoms with Crippen LogP contribution in [0.5, 0.6) is 0 Å². The summed E-state index contributed by atoms with van der Waals surface area (Å²) in [4.78, 5) is 0. The van der Waals surface area contributed by atoms with Crippen LogP contribution >= 0.6 is 0 Å². The Hall–Kier alpha value is -2.20. The van der Waals surface area contributed by atoms with E-state index < -0.39 is 0 Å². The van der Waals surface area contributed by atoms with Crippen LogP contribution in [0.25, 0.3) is 0 Å². The Morgan fingerprint density at radius 2 is 1.95 bits per heavy atom. The van der Waals surface area contributed by atoms with Crippen molar-refractivity contribution >= 4 is 5.69 Å². The molecule has 1 aliphatic rings. The highest BCUT2D eigenvalue weighted by molar-refractivity contribution is 5.52. The van der Waals surface area contributed by atoms with Crippen LogP contribution in [0.4, 0.5) is 5.69 Å². The van der Waals surface area contributed by atoms with Gasteiger partial charge in [-0.1, -0.05) is 50.1 Å². The molecule has 106 valence electrons. The Labute approximate surface area is 127 Å². The first-order valence-corrected chi connectivity index (χ1v) is 7.51. The molecule has 1 unspecified atom stereocenters. The molecule has 0 aliphatic heterocycles. The van der Waals surface area contributed by atoms with E-state index in [9.17, 15) is 0 Å². The van der Waals surface area contributed by atoms with Crippen molar-refractivity contribution in [3.63, 3.8) is 0 Å².